The summed E-state index contributed by atoms with van der Waals surface area (Å²) < 4.78 is 7.05. The molecule has 0 fully saturated rings. The number of carboxylic acid groups (broad SMARTS) is 1. The molecule has 18 heavy (non-hydrogen) atoms. The Morgan fingerprint density at radius 1 is 1.50 bits per heavy atom. The van der Waals surface area contributed by atoms with Crippen LogP contribution in [-0.4, -0.2) is 35.3 Å². The zero-order chi connectivity index (χ0) is 14.4. The second kappa shape index (κ2) is 6.63. The number of nitrogens with two attached hydrogens (primary N) is 1. The standard InChI is InChI=1S/C11H13ClN2O3S/c12-7-1-3-8(4-2-7)14(5-10(15)16)11(17)9(13)6-18/h1-4,9,18H,5-6,13H2,(H,15,16)/t9-/m0/s1/i/hD. The molecule has 1 atom stereocenters. The third-order valence-corrected chi connectivity index (χ3v) is 2.80. The molecule has 98 valence electrons. The molecular formula is C11H13ClN2O3S. The summed E-state index contributed by atoms with van der Waals surface area (Å²) in [5.74, 6) is -1.59. The van der Waals surface area contributed by atoms with E-state index in [1.807, 2.05) is 5.73 Å². The van der Waals surface area contributed by atoms with Crippen molar-refractivity contribution in [3.05, 3.63) is 29.3 Å². The molecular weight excluding hydrogens is 276 g/mol. The molecule has 7 heteroatoms. The molecule has 0 aliphatic heterocycles. The molecule has 1 rings (SSSR count). The monoisotopic (exact) mass is 289 g/mol. The summed E-state index contributed by atoms with van der Waals surface area (Å²) in [6, 6.07) is 5.33. The third-order valence-electron chi connectivity index (χ3n) is 2.18. The highest BCUT2D eigenvalue weighted by Gasteiger charge is 2.23. The lowest BCUT2D eigenvalue weighted by molar-refractivity contribution is -0.136. The number of thiol groups is 1. The van der Waals surface area contributed by atoms with Crippen molar-refractivity contribution in [2.75, 3.05) is 17.2 Å². The summed E-state index contributed by atoms with van der Waals surface area (Å²) in [6.45, 7) is -0.494. The average molecular weight is 290 g/mol. The van der Waals surface area contributed by atoms with Crippen LogP contribution in [0.1, 0.15) is 0 Å². The van der Waals surface area contributed by atoms with E-state index in [9.17, 15) is 9.59 Å². The van der Waals surface area contributed by atoms with Crippen LogP contribution in [0.2, 0.25) is 6.43 Å². The fourth-order valence-corrected chi connectivity index (χ4v) is 1.60. The van der Waals surface area contributed by atoms with Crippen LogP contribution in [0.3, 0.4) is 0 Å². The number of nitrogens with zero attached hydrogens (tertiary/aromatic N) is 1. The van der Waals surface area contributed by atoms with Crippen LogP contribution in [0.5, 0.6) is 0 Å². The largest absolute Gasteiger partial charge is 0.480 e. The fraction of sp³-hybridized carbons (Fsp3) is 0.273. The molecule has 5 nitrogen and oxygen atoms in total. The highest BCUT2D eigenvalue weighted by molar-refractivity contribution is 7.80. The molecule has 0 bridgehead atoms. The normalized spacial score (nSPS) is 12.7. The second-order valence-corrected chi connectivity index (χ2v) is 4.33. The van der Waals surface area contributed by atoms with E-state index in [4.69, 9.17) is 18.1 Å². The Labute approximate surface area is 116 Å². The highest BCUT2D eigenvalue weighted by atomic mass is 35.5. The van der Waals surface area contributed by atoms with Gasteiger partial charge in [0.25, 0.3) is 0 Å². The number of carbonyl (C=O) groups is 2. The zero-order valence-corrected chi connectivity index (χ0v) is 11.0. The molecule has 3 N–H and O–H groups in total. The minimum Gasteiger partial charge on any atom is -0.480 e. The van der Waals surface area contributed by atoms with Gasteiger partial charge in [0.05, 0.1) is 6.04 Å². The first kappa shape index (κ1) is 13.2. The Hall–Kier alpha value is -1.24. The lowest BCUT2D eigenvalue weighted by Crippen LogP contribution is -2.47. The van der Waals surface area contributed by atoms with Gasteiger partial charge in [-0.1, -0.05) is 11.6 Å². The fourth-order valence-electron chi connectivity index (χ4n) is 1.32. The first-order valence-corrected chi connectivity index (χ1v) is 6.07. The van der Waals surface area contributed by atoms with E-state index >= 15 is 0 Å². The maximum absolute atomic E-state index is 12.1. The minimum absolute atomic E-state index is 0.0893. The van der Waals surface area contributed by atoms with E-state index < -0.39 is 24.5 Å². The molecule has 0 aliphatic rings. The van der Waals surface area contributed by atoms with Crippen LogP contribution >= 0.6 is 24.2 Å². The predicted molar refractivity (Wildman–Crippen MR) is 73.3 cm³/mol. The van der Waals surface area contributed by atoms with Gasteiger partial charge in [-0.15, -0.1) is 0 Å². The van der Waals surface area contributed by atoms with Crippen LogP contribution in [0.4, 0.5) is 5.69 Å². The Balaban J connectivity index is 3.03. The number of hydrogen-bond acceptors (Lipinski definition) is 4. The van der Waals surface area contributed by atoms with Crippen molar-refractivity contribution in [2.24, 2.45) is 5.73 Å². The molecule has 0 radical (unpaired) electrons. The second-order valence-electron chi connectivity index (χ2n) is 3.53. The van der Waals surface area contributed by atoms with Gasteiger partial charge < -0.3 is 10.8 Å². The SMILES string of the molecule is [2H]N[C@@H](CS)C(=O)N(CC(=O)O)c1ccc(Cl)cc1. The number of benzene rings is 1. The van der Waals surface area contributed by atoms with Crippen molar-refractivity contribution in [3.63, 3.8) is 0 Å². The van der Waals surface area contributed by atoms with E-state index in [0.29, 0.717) is 10.7 Å². The Morgan fingerprint density at radius 2 is 2.11 bits per heavy atom. The van der Waals surface area contributed by atoms with Crippen molar-refractivity contribution in [1.29, 1.82) is 0 Å². The van der Waals surface area contributed by atoms with Gasteiger partial charge in [0.1, 0.15) is 7.96 Å². The number of halogens is 1. The minimum atomic E-state index is -1.15. The van der Waals surface area contributed by atoms with Gasteiger partial charge in [-0.25, -0.2) is 0 Å². The molecule has 0 unspecified atom stereocenters. The molecule has 0 aliphatic carbocycles. The Bertz CT molecular complexity index is 454. The number of amides is 1. The summed E-state index contributed by atoms with van der Waals surface area (Å²) >= 11 is 9.69. The van der Waals surface area contributed by atoms with Crippen molar-refractivity contribution in [1.82, 2.24) is 0 Å². The number of carboxylic acids is 1. The molecule has 1 amide bonds. The van der Waals surface area contributed by atoms with E-state index in [1.54, 1.807) is 24.3 Å². The molecule has 0 spiro atoms. The van der Waals surface area contributed by atoms with E-state index in [2.05, 4.69) is 12.6 Å². The summed E-state index contributed by atoms with van der Waals surface area (Å²) in [7, 11) is 0. The number of rotatable bonds is 6. The lowest BCUT2D eigenvalue weighted by Gasteiger charge is -2.23. The quantitative estimate of drug-likeness (QED) is 0.683. The molecule has 0 aromatic heterocycles. The average Bonchev–Trinajstić information content (AvgIpc) is 2.38. The van der Waals surface area contributed by atoms with Crippen molar-refractivity contribution in [2.45, 2.75) is 6.04 Å². The number of hydrogen-bond donors (Lipinski definition) is 3. The van der Waals surface area contributed by atoms with Gasteiger partial charge in [-0.2, -0.15) is 12.6 Å². The number of anilines is 1. The van der Waals surface area contributed by atoms with Crippen LogP contribution in [0.15, 0.2) is 24.3 Å². The summed E-state index contributed by atoms with van der Waals surface area (Å²) in [4.78, 5) is 24.0. The maximum Gasteiger partial charge on any atom is 0.323 e. The topological polar surface area (TPSA) is 83.6 Å². The smallest absolute Gasteiger partial charge is 0.323 e. The summed E-state index contributed by atoms with van der Waals surface area (Å²) in [5.41, 5.74) is 2.45. The maximum atomic E-state index is 12.1. The van der Waals surface area contributed by atoms with E-state index in [0.717, 1.165) is 4.90 Å². The number of aliphatic carboxylic acids is 1. The van der Waals surface area contributed by atoms with E-state index in [-0.39, 0.29) is 5.75 Å². The molecule has 0 saturated carbocycles. The van der Waals surface area contributed by atoms with Gasteiger partial charge in [0.2, 0.25) is 5.91 Å². The van der Waals surface area contributed by atoms with Gasteiger partial charge in [-0.3, -0.25) is 14.5 Å². The molecule has 0 heterocycles. The van der Waals surface area contributed by atoms with E-state index in [1.165, 1.54) is 0 Å². The zero-order valence-electron chi connectivity index (χ0n) is 10.3. The molecule has 1 aromatic carbocycles. The van der Waals surface area contributed by atoms with Crippen LogP contribution in [-0.2, 0) is 9.59 Å². The Morgan fingerprint density at radius 3 is 2.56 bits per heavy atom. The molecule has 1 aromatic rings. The predicted octanol–water partition coefficient (Wildman–Crippen LogP) is 1.01. The van der Waals surface area contributed by atoms with Gasteiger partial charge in [-0.05, 0) is 24.3 Å². The van der Waals surface area contributed by atoms with Crippen LogP contribution < -0.4 is 10.6 Å². The summed E-state index contributed by atoms with van der Waals surface area (Å²) in [5, 5.41) is 9.35. The van der Waals surface area contributed by atoms with Crippen molar-refractivity contribution in [3.8, 4) is 0 Å². The van der Waals surface area contributed by atoms with Gasteiger partial charge >= 0.3 is 5.97 Å². The van der Waals surface area contributed by atoms with Gasteiger partial charge in [0, 0.05) is 16.5 Å². The molecule has 0 saturated heterocycles. The van der Waals surface area contributed by atoms with Crippen molar-refractivity contribution < 1.29 is 16.1 Å². The Kier molecular flexibility index (Phi) is 4.86. The number of carbonyl (C=O) groups excluding carboxylic acids is 1. The first-order chi connectivity index (χ1) is 8.99. The lowest BCUT2D eigenvalue weighted by atomic mass is 10.2. The van der Waals surface area contributed by atoms with Gasteiger partial charge in [0.15, 0.2) is 0 Å². The first-order valence-electron chi connectivity index (χ1n) is 5.56. The highest BCUT2D eigenvalue weighted by Crippen LogP contribution is 2.18. The van der Waals surface area contributed by atoms with Crippen LogP contribution in [0.25, 0.3) is 0 Å². The van der Waals surface area contributed by atoms with Crippen LogP contribution in [0, 0.1) is 0 Å². The van der Waals surface area contributed by atoms with Crippen molar-refractivity contribution >= 4 is 41.8 Å². The third kappa shape index (κ3) is 3.90. The summed E-state index contributed by atoms with van der Waals surface area (Å²) in [6.07, 6.45) is 0.